The van der Waals surface area contributed by atoms with E-state index >= 15 is 0 Å². The smallest absolute Gasteiger partial charge is 0.0850 e. The number of aromatic nitrogens is 3. The van der Waals surface area contributed by atoms with Gasteiger partial charge in [-0.2, -0.15) is 0 Å². The molecule has 2 rings (SSSR count). The van der Waals surface area contributed by atoms with Crippen molar-refractivity contribution in [3.05, 3.63) is 11.9 Å². The monoisotopic (exact) mass is 197 g/mol. The van der Waals surface area contributed by atoms with Crippen LogP contribution in [0.5, 0.6) is 0 Å². The largest absolute Gasteiger partial charge is 0.396 e. The van der Waals surface area contributed by atoms with E-state index in [-0.39, 0.29) is 18.8 Å². The average molecular weight is 197 g/mol. The molecular weight excluding hydrogens is 182 g/mol. The van der Waals surface area contributed by atoms with Crippen molar-refractivity contribution in [3.8, 4) is 0 Å². The molecular formula is C9H15N3O2. The summed E-state index contributed by atoms with van der Waals surface area (Å²) in [6, 6.07) is 0.0787. The maximum Gasteiger partial charge on any atom is 0.0850 e. The maximum atomic E-state index is 9.64. The zero-order chi connectivity index (χ0) is 9.97. The highest BCUT2D eigenvalue weighted by Crippen LogP contribution is 2.29. The highest BCUT2D eigenvalue weighted by molar-refractivity contribution is 4.95. The highest BCUT2D eigenvalue weighted by Gasteiger charge is 2.27. The summed E-state index contributed by atoms with van der Waals surface area (Å²) in [5, 5.41) is 26.3. The predicted molar refractivity (Wildman–Crippen MR) is 49.7 cm³/mol. The molecule has 1 saturated carbocycles. The minimum atomic E-state index is -0.293. The Labute approximate surface area is 82.4 Å². The molecule has 1 aliphatic rings. The van der Waals surface area contributed by atoms with Crippen molar-refractivity contribution in [3.63, 3.8) is 0 Å². The van der Waals surface area contributed by atoms with Gasteiger partial charge in [-0.05, 0) is 19.3 Å². The number of aliphatic hydroxyl groups excluding tert-OH is 2. The molecule has 5 heteroatoms. The predicted octanol–water partition coefficient (Wildman–Crippen LogP) is -0.101. The van der Waals surface area contributed by atoms with E-state index in [1.54, 1.807) is 4.68 Å². The molecule has 0 aliphatic heterocycles. The van der Waals surface area contributed by atoms with Gasteiger partial charge in [-0.25, -0.2) is 4.68 Å². The Morgan fingerprint density at radius 3 is 3.00 bits per heavy atom. The normalized spacial score (nSPS) is 27.0. The number of aliphatic hydroxyl groups is 2. The summed E-state index contributed by atoms with van der Waals surface area (Å²) in [5.41, 5.74) is 0.784. The molecule has 2 atom stereocenters. The topological polar surface area (TPSA) is 71.2 Å². The molecule has 1 heterocycles. The van der Waals surface area contributed by atoms with Gasteiger partial charge < -0.3 is 10.2 Å². The standard InChI is InChI=1S/C9H15N3O2/c13-5-4-7-6-12(11-10-7)8-2-1-3-9(8)14/h6,8-9,13-14H,1-5H2. The molecule has 0 amide bonds. The van der Waals surface area contributed by atoms with Crippen LogP contribution in [0, 0.1) is 0 Å². The Hall–Kier alpha value is -0.940. The van der Waals surface area contributed by atoms with Gasteiger partial charge in [0.25, 0.3) is 0 Å². The highest BCUT2D eigenvalue weighted by atomic mass is 16.3. The Bertz CT molecular complexity index is 300. The van der Waals surface area contributed by atoms with Gasteiger partial charge in [-0.3, -0.25) is 0 Å². The number of nitrogens with zero attached hydrogens (tertiary/aromatic N) is 3. The third-order valence-corrected chi connectivity index (χ3v) is 2.71. The fourth-order valence-electron chi connectivity index (χ4n) is 1.93. The fourth-order valence-corrected chi connectivity index (χ4v) is 1.93. The molecule has 1 aromatic heterocycles. The van der Waals surface area contributed by atoms with Crippen LogP contribution in [0.2, 0.25) is 0 Å². The van der Waals surface area contributed by atoms with E-state index in [2.05, 4.69) is 10.3 Å². The first kappa shape index (κ1) is 9.61. The Morgan fingerprint density at radius 2 is 2.36 bits per heavy atom. The molecule has 1 fully saturated rings. The van der Waals surface area contributed by atoms with Gasteiger partial charge in [-0.15, -0.1) is 5.10 Å². The summed E-state index contributed by atoms with van der Waals surface area (Å²) in [4.78, 5) is 0. The van der Waals surface area contributed by atoms with Crippen LogP contribution >= 0.6 is 0 Å². The average Bonchev–Trinajstić information content (AvgIpc) is 2.74. The van der Waals surface area contributed by atoms with E-state index in [0.717, 1.165) is 25.0 Å². The summed E-state index contributed by atoms with van der Waals surface area (Å²) in [5.74, 6) is 0. The minimum absolute atomic E-state index is 0.0787. The van der Waals surface area contributed by atoms with Crippen LogP contribution in [-0.4, -0.2) is 37.9 Å². The van der Waals surface area contributed by atoms with Crippen molar-refractivity contribution in [2.75, 3.05) is 6.61 Å². The van der Waals surface area contributed by atoms with Gasteiger partial charge in [0, 0.05) is 19.2 Å². The van der Waals surface area contributed by atoms with Crippen molar-refractivity contribution in [1.82, 2.24) is 15.0 Å². The third-order valence-electron chi connectivity index (χ3n) is 2.71. The van der Waals surface area contributed by atoms with Crippen LogP contribution in [0.1, 0.15) is 31.0 Å². The van der Waals surface area contributed by atoms with E-state index in [0.29, 0.717) is 6.42 Å². The van der Waals surface area contributed by atoms with Crippen LogP contribution in [0.25, 0.3) is 0 Å². The second-order valence-electron chi connectivity index (χ2n) is 3.73. The van der Waals surface area contributed by atoms with Crippen molar-refractivity contribution in [2.45, 2.75) is 37.8 Å². The molecule has 78 valence electrons. The van der Waals surface area contributed by atoms with E-state index in [4.69, 9.17) is 5.11 Å². The van der Waals surface area contributed by atoms with Crippen molar-refractivity contribution >= 4 is 0 Å². The van der Waals surface area contributed by atoms with E-state index in [1.165, 1.54) is 0 Å². The van der Waals surface area contributed by atoms with Crippen LogP contribution in [0.3, 0.4) is 0 Å². The van der Waals surface area contributed by atoms with Gasteiger partial charge in [0.05, 0.1) is 17.8 Å². The summed E-state index contributed by atoms with van der Waals surface area (Å²) in [6.45, 7) is 0.0892. The number of hydrogen-bond donors (Lipinski definition) is 2. The Balaban J connectivity index is 2.08. The third kappa shape index (κ3) is 1.78. The first-order chi connectivity index (χ1) is 6.81. The summed E-state index contributed by atoms with van der Waals surface area (Å²) in [6.07, 6.45) is 4.90. The summed E-state index contributed by atoms with van der Waals surface area (Å²) in [7, 11) is 0. The van der Waals surface area contributed by atoms with Crippen LogP contribution in [-0.2, 0) is 6.42 Å². The minimum Gasteiger partial charge on any atom is -0.396 e. The van der Waals surface area contributed by atoms with Crippen molar-refractivity contribution < 1.29 is 10.2 Å². The molecule has 5 nitrogen and oxygen atoms in total. The zero-order valence-electron chi connectivity index (χ0n) is 8.00. The lowest BCUT2D eigenvalue weighted by molar-refractivity contribution is 0.129. The first-order valence-electron chi connectivity index (χ1n) is 5.01. The SMILES string of the molecule is OCCc1cn(C2CCCC2O)nn1. The van der Waals surface area contributed by atoms with Gasteiger partial charge in [-0.1, -0.05) is 5.21 Å². The van der Waals surface area contributed by atoms with E-state index in [1.807, 2.05) is 6.20 Å². The first-order valence-corrected chi connectivity index (χ1v) is 5.01. The molecule has 0 radical (unpaired) electrons. The lowest BCUT2D eigenvalue weighted by atomic mass is 10.2. The van der Waals surface area contributed by atoms with Gasteiger partial charge in [0.2, 0.25) is 0 Å². The van der Waals surface area contributed by atoms with E-state index in [9.17, 15) is 5.11 Å². The Kier molecular flexibility index (Phi) is 2.79. The molecule has 0 aromatic carbocycles. The van der Waals surface area contributed by atoms with Crippen molar-refractivity contribution in [1.29, 1.82) is 0 Å². The van der Waals surface area contributed by atoms with Gasteiger partial charge in [0.15, 0.2) is 0 Å². The fraction of sp³-hybridized carbons (Fsp3) is 0.778. The molecule has 14 heavy (non-hydrogen) atoms. The lowest BCUT2D eigenvalue weighted by Crippen LogP contribution is -2.18. The summed E-state index contributed by atoms with van der Waals surface area (Å²) < 4.78 is 1.72. The lowest BCUT2D eigenvalue weighted by Gasteiger charge is -2.13. The second kappa shape index (κ2) is 4.06. The van der Waals surface area contributed by atoms with Crippen LogP contribution in [0.15, 0.2) is 6.20 Å². The van der Waals surface area contributed by atoms with E-state index < -0.39 is 0 Å². The quantitative estimate of drug-likeness (QED) is 0.709. The second-order valence-corrected chi connectivity index (χ2v) is 3.73. The summed E-state index contributed by atoms with van der Waals surface area (Å²) >= 11 is 0. The molecule has 0 spiro atoms. The van der Waals surface area contributed by atoms with Gasteiger partial charge in [0.1, 0.15) is 0 Å². The van der Waals surface area contributed by atoms with Gasteiger partial charge >= 0.3 is 0 Å². The number of hydrogen-bond acceptors (Lipinski definition) is 4. The molecule has 0 bridgehead atoms. The molecule has 1 aliphatic carbocycles. The van der Waals surface area contributed by atoms with Crippen LogP contribution in [0.4, 0.5) is 0 Å². The number of rotatable bonds is 3. The molecule has 2 unspecified atom stereocenters. The van der Waals surface area contributed by atoms with Crippen molar-refractivity contribution in [2.24, 2.45) is 0 Å². The Morgan fingerprint density at radius 1 is 1.50 bits per heavy atom. The molecule has 1 aromatic rings. The molecule has 2 N–H and O–H groups in total. The van der Waals surface area contributed by atoms with Crippen LogP contribution < -0.4 is 0 Å². The molecule has 0 saturated heterocycles. The zero-order valence-corrected chi connectivity index (χ0v) is 8.00. The maximum absolute atomic E-state index is 9.64.